The molecule has 0 radical (unpaired) electrons. The van der Waals surface area contributed by atoms with Gasteiger partial charge in [0.1, 0.15) is 0 Å². The number of carbonyl (C=O) groups is 1. The van der Waals surface area contributed by atoms with Gasteiger partial charge in [-0.15, -0.1) is 11.3 Å². The van der Waals surface area contributed by atoms with E-state index in [0.29, 0.717) is 31.3 Å². The molecule has 32 heavy (non-hydrogen) atoms. The van der Waals surface area contributed by atoms with Gasteiger partial charge < -0.3 is 10.4 Å². The van der Waals surface area contributed by atoms with E-state index < -0.39 is 5.60 Å². The quantitative estimate of drug-likeness (QED) is 0.601. The lowest BCUT2D eigenvalue weighted by atomic mass is 9.47. The van der Waals surface area contributed by atoms with Gasteiger partial charge in [-0.25, -0.2) is 0 Å². The summed E-state index contributed by atoms with van der Waals surface area (Å²) in [5, 5.41) is 20.8. The Morgan fingerprint density at radius 3 is 2.75 bits per heavy atom. The number of thiophene rings is 1. The minimum absolute atomic E-state index is 0.115. The molecule has 8 heteroatoms. The van der Waals surface area contributed by atoms with E-state index in [2.05, 4.69) is 26.4 Å². The summed E-state index contributed by atoms with van der Waals surface area (Å²) in [6, 6.07) is 4.10. The van der Waals surface area contributed by atoms with Crippen LogP contribution in [0.4, 0.5) is 0 Å². The Kier molecular flexibility index (Phi) is 4.69. The first-order valence-electron chi connectivity index (χ1n) is 11.4. The second-order valence-corrected chi connectivity index (χ2v) is 10.9. The molecule has 4 aliphatic carbocycles. The third-order valence-electron chi connectivity index (χ3n) is 7.55. The molecular formula is C24H27N5O2S. The van der Waals surface area contributed by atoms with Crippen molar-refractivity contribution in [2.45, 2.75) is 50.7 Å². The zero-order chi connectivity index (χ0) is 21.8. The Balaban J connectivity index is 1.20. The second kappa shape index (κ2) is 7.49. The number of aliphatic hydroxyl groups is 1. The summed E-state index contributed by atoms with van der Waals surface area (Å²) < 4.78 is 1.95. The van der Waals surface area contributed by atoms with E-state index >= 15 is 0 Å². The molecule has 166 valence electrons. The number of hydrogen-bond acceptors (Lipinski definition) is 6. The van der Waals surface area contributed by atoms with Crippen molar-refractivity contribution in [3.63, 3.8) is 0 Å². The van der Waals surface area contributed by atoms with Crippen LogP contribution in [0, 0.1) is 17.3 Å². The van der Waals surface area contributed by atoms with E-state index in [1.165, 1.54) is 6.42 Å². The van der Waals surface area contributed by atoms with Crippen LogP contribution in [0.25, 0.3) is 21.8 Å². The summed E-state index contributed by atoms with van der Waals surface area (Å²) >= 11 is 1.66. The van der Waals surface area contributed by atoms with Crippen LogP contribution in [-0.4, -0.2) is 42.9 Å². The molecule has 0 saturated heterocycles. The molecule has 7 nitrogen and oxygen atoms in total. The summed E-state index contributed by atoms with van der Waals surface area (Å²) in [4.78, 5) is 23.1. The van der Waals surface area contributed by atoms with Gasteiger partial charge in [-0.2, -0.15) is 5.10 Å². The van der Waals surface area contributed by atoms with Crippen molar-refractivity contribution in [3.8, 4) is 21.8 Å². The summed E-state index contributed by atoms with van der Waals surface area (Å²) in [7, 11) is 0. The van der Waals surface area contributed by atoms with Crippen LogP contribution < -0.4 is 5.32 Å². The molecule has 0 spiro atoms. The molecule has 7 rings (SSSR count). The summed E-state index contributed by atoms with van der Waals surface area (Å²) in [5.74, 6) is 1.11. The fourth-order valence-electron chi connectivity index (χ4n) is 6.80. The predicted octanol–water partition coefficient (Wildman–Crippen LogP) is 3.52. The Labute approximate surface area is 190 Å². The molecule has 2 unspecified atom stereocenters. The lowest BCUT2D eigenvalue weighted by molar-refractivity contribution is -0.178. The minimum Gasteiger partial charge on any atom is -0.390 e. The standard InChI is InChI=1S/C24H27N5O2S/c30-22(23-9-16-8-17(10-23)12-24(31,11-16)15-23)27-5-6-29-21(20-2-1-7-32-20)18(13-28-29)19-14-25-3-4-26-19/h1-4,7,13-14,16-17,31H,5-6,8-12,15H2,(H,27,30)/t16-,17+,23?,24?. The Hall–Kier alpha value is -2.58. The second-order valence-electron chi connectivity index (χ2n) is 9.92. The van der Waals surface area contributed by atoms with Crippen molar-refractivity contribution < 1.29 is 9.90 Å². The van der Waals surface area contributed by atoms with Crippen LogP contribution >= 0.6 is 11.3 Å². The number of aromatic nitrogens is 4. The third-order valence-corrected chi connectivity index (χ3v) is 8.43. The van der Waals surface area contributed by atoms with Gasteiger partial charge in [0.15, 0.2) is 0 Å². The van der Waals surface area contributed by atoms with Gasteiger partial charge in [-0.3, -0.25) is 19.4 Å². The fraction of sp³-hybridized carbons (Fsp3) is 0.500. The first kappa shape index (κ1) is 20.1. The highest BCUT2D eigenvalue weighted by Gasteiger charge is 2.60. The van der Waals surface area contributed by atoms with Crippen LogP contribution in [0.2, 0.25) is 0 Å². The molecule has 4 saturated carbocycles. The van der Waals surface area contributed by atoms with E-state index in [0.717, 1.165) is 47.5 Å². The fourth-order valence-corrected chi connectivity index (χ4v) is 7.58. The molecule has 4 bridgehead atoms. The SMILES string of the molecule is O=C(NCCn1ncc(-c2cnccn2)c1-c1cccs1)C12C[C@@H]3C[C@@H](CC(O)(C3)C1)C2. The topological polar surface area (TPSA) is 92.9 Å². The average Bonchev–Trinajstić information content (AvgIpc) is 3.42. The zero-order valence-electron chi connectivity index (χ0n) is 17.9. The number of carbonyl (C=O) groups excluding carboxylic acids is 1. The Bertz CT molecular complexity index is 1110. The number of hydrogen-bond donors (Lipinski definition) is 2. The van der Waals surface area contributed by atoms with Gasteiger partial charge in [0.2, 0.25) is 5.91 Å². The van der Waals surface area contributed by atoms with Crippen LogP contribution in [-0.2, 0) is 11.3 Å². The maximum Gasteiger partial charge on any atom is 0.226 e. The van der Waals surface area contributed by atoms with E-state index in [9.17, 15) is 9.90 Å². The minimum atomic E-state index is -0.624. The predicted molar refractivity (Wildman–Crippen MR) is 122 cm³/mol. The van der Waals surface area contributed by atoms with Gasteiger partial charge in [0.05, 0.1) is 46.2 Å². The number of nitrogens with one attached hydrogen (secondary N) is 1. The molecule has 3 aromatic heterocycles. The molecular weight excluding hydrogens is 422 g/mol. The molecule has 0 aliphatic heterocycles. The van der Waals surface area contributed by atoms with Gasteiger partial charge >= 0.3 is 0 Å². The van der Waals surface area contributed by atoms with Crippen LogP contribution in [0.3, 0.4) is 0 Å². The monoisotopic (exact) mass is 449 g/mol. The van der Waals surface area contributed by atoms with E-state index in [1.54, 1.807) is 29.9 Å². The summed E-state index contributed by atoms with van der Waals surface area (Å²) in [5.41, 5.74) is 1.72. The molecule has 2 N–H and O–H groups in total. The highest BCUT2D eigenvalue weighted by atomic mass is 32.1. The van der Waals surface area contributed by atoms with Crippen LogP contribution in [0.5, 0.6) is 0 Å². The molecule has 4 atom stereocenters. The van der Waals surface area contributed by atoms with Crippen molar-refractivity contribution in [1.82, 2.24) is 25.1 Å². The van der Waals surface area contributed by atoms with E-state index in [4.69, 9.17) is 0 Å². The molecule has 4 fully saturated rings. The van der Waals surface area contributed by atoms with Gasteiger partial charge in [0, 0.05) is 24.5 Å². The maximum atomic E-state index is 13.3. The Morgan fingerprint density at radius 2 is 2.06 bits per heavy atom. The molecule has 4 aliphatic rings. The lowest BCUT2D eigenvalue weighted by Gasteiger charge is -2.59. The number of nitrogens with zero attached hydrogens (tertiary/aromatic N) is 4. The highest BCUT2D eigenvalue weighted by Crippen LogP contribution is 2.61. The van der Waals surface area contributed by atoms with Crippen molar-refractivity contribution in [3.05, 3.63) is 42.3 Å². The number of amides is 1. The summed E-state index contributed by atoms with van der Waals surface area (Å²) in [6.07, 6.45) is 12.3. The van der Waals surface area contributed by atoms with Crippen molar-refractivity contribution >= 4 is 17.2 Å². The smallest absolute Gasteiger partial charge is 0.226 e. The van der Waals surface area contributed by atoms with Crippen molar-refractivity contribution in [2.75, 3.05) is 6.54 Å². The van der Waals surface area contributed by atoms with Gasteiger partial charge in [-0.05, 0) is 61.8 Å². The Morgan fingerprint density at radius 1 is 1.22 bits per heavy atom. The summed E-state index contributed by atoms with van der Waals surface area (Å²) in [6.45, 7) is 1.08. The van der Waals surface area contributed by atoms with Gasteiger partial charge in [-0.1, -0.05) is 6.07 Å². The largest absolute Gasteiger partial charge is 0.390 e. The van der Waals surface area contributed by atoms with Crippen LogP contribution in [0.15, 0.2) is 42.3 Å². The molecule has 3 heterocycles. The van der Waals surface area contributed by atoms with E-state index in [1.807, 2.05) is 22.3 Å². The van der Waals surface area contributed by atoms with E-state index in [-0.39, 0.29) is 11.3 Å². The van der Waals surface area contributed by atoms with Crippen molar-refractivity contribution in [1.29, 1.82) is 0 Å². The van der Waals surface area contributed by atoms with Gasteiger partial charge in [0.25, 0.3) is 0 Å². The normalized spacial score (nSPS) is 30.5. The average molecular weight is 450 g/mol. The third kappa shape index (κ3) is 3.36. The molecule has 1 amide bonds. The maximum absolute atomic E-state index is 13.3. The van der Waals surface area contributed by atoms with Crippen molar-refractivity contribution in [2.24, 2.45) is 17.3 Å². The van der Waals surface area contributed by atoms with Crippen LogP contribution in [0.1, 0.15) is 38.5 Å². The molecule has 3 aromatic rings. The first-order chi connectivity index (χ1) is 15.5. The molecule has 0 aromatic carbocycles. The lowest BCUT2D eigenvalue weighted by Crippen LogP contribution is -2.60. The highest BCUT2D eigenvalue weighted by molar-refractivity contribution is 7.13. The zero-order valence-corrected chi connectivity index (χ0v) is 18.7. The first-order valence-corrected chi connectivity index (χ1v) is 12.3. The number of rotatable bonds is 6.